The first kappa shape index (κ1) is 16.3. The molecule has 0 unspecified atom stereocenters. The van der Waals surface area contributed by atoms with Gasteiger partial charge in [0.05, 0.1) is 12.3 Å². The number of rotatable bonds is 6. The average molecular weight is 324 g/mol. The summed E-state index contributed by atoms with van der Waals surface area (Å²) < 4.78 is 10.8. The van der Waals surface area contributed by atoms with Crippen LogP contribution in [0.2, 0.25) is 5.15 Å². The molecule has 1 atom stereocenters. The van der Waals surface area contributed by atoms with Crippen LogP contribution in [0.3, 0.4) is 0 Å². The van der Waals surface area contributed by atoms with Gasteiger partial charge in [-0.15, -0.1) is 0 Å². The largest absolute Gasteiger partial charge is 0.464 e. The number of aromatic nitrogens is 1. The first-order chi connectivity index (χ1) is 10.6. The summed E-state index contributed by atoms with van der Waals surface area (Å²) in [5.74, 6) is 1.50. The molecule has 2 amide bonds. The lowest BCUT2D eigenvalue weighted by Gasteiger charge is -2.16. The van der Waals surface area contributed by atoms with Crippen molar-refractivity contribution in [3.8, 4) is 0 Å². The predicted octanol–water partition coefficient (Wildman–Crippen LogP) is 3.40. The number of furan rings is 1. The van der Waals surface area contributed by atoms with Gasteiger partial charge in [-0.25, -0.2) is 9.78 Å². The van der Waals surface area contributed by atoms with Crippen molar-refractivity contribution < 1.29 is 13.9 Å². The molecule has 118 valence electrons. The Bertz CT molecular complexity index is 630. The highest BCUT2D eigenvalue weighted by atomic mass is 35.5. The zero-order chi connectivity index (χ0) is 15.9. The summed E-state index contributed by atoms with van der Waals surface area (Å²) >= 11 is 5.91. The number of urea groups is 1. The van der Waals surface area contributed by atoms with E-state index < -0.39 is 6.03 Å². The number of aryl methyl sites for hydroxylation is 1. The molecule has 0 bridgehead atoms. The van der Waals surface area contributed by atoms with Crippen molar-refractivity contribution in [3.63, 3.8) is 0 Å². The Balaban J connectivity index is 2.04. The smallest absolute Gasteiger partial charge is 0.320 e. The maximum atomic E-state index is 12.1. The third kappa shape index (κ3) is 4.22. The van der Waals surface area contributed by atoms with Gasteiger partial charge >= 0.3 is 6.03 Å². The maximum Gasteiger partial charge on any atom is 0.320 e. The molecule has 0 aliphatic heterocycles. The molecule has 2 aromatic heterocycles. The van der Waals surface area contributed by atoms with E-state index in [4.69, 9.17) is 20.8 Å². The molecule has 6 nitrogen and oxygen atoms in total. The van der Waals surface area contributed by atoms with Gasteiger partial charge in [0.15, 0.2) is 5.15 Å². The average Bonchev–Trinajstić information content (AvgIpc) is 2.98. The number of carbonyl (C=O) groups is 1. The standard InChI is InChI=1S/C15H18ClN3O3/c1-3-10-6-7-13(22-10)12(9-21-2)19-15(20)18-11-5-4-8-17-14(11)16/h4-8,12H,3,9H2,1-2H3,(H2,18,19,20)/t12-/m0/s1. The fraction of sp³-hybridized carbons (Fsp3) is 0.333. The summed E-state index contributed by atoms with van der Waals surface area (Å²) in [5.41, 5.74) is 0.437. The van der Waals surface area contributed by atoms with E-state index in [2.05, 4.69) is 15.6 Å². The van der Waals surface area contributed by atoms with E-state index in [1.165, 1.54) is 0 Å². The lowest BCUT2D eigenvalue weighted by molar-refractivity contribution is 0.158. The van der Waals surface area contributed by atoms with Gasteiger partial charge in [-0.05, 0) is 24.3 Å². The lowest BCUT2D eigenvalue weighted by Crippen LogP contribution is -2.34. The van der Waals surface area contributed by atoms with Crippen molar-refractivity contribution in [2.24, 2.45) is 0 Å². The first-order valence-corrected chi connectivity index (χ1v) is 7.27. The van der Waals surface area contributed by atoms with Gasteiger partial charge < -0.3 is 19.8 Å². The van der Waals surface area contributed by atoms with E-state index in [0.717, 1.165) is 12.2 Å². The number of carbonyl (C=O) groups excluding carboxylic acids is 1. The SMILES string of the molecule is CCc1ccc([C@H](COC)NC(=O)Nc2cccnc2Cl)o1. The van der Waals surface area contributed by atoms with Gasteiger partial charge in [-0.2, -0.15) is 0 Å². The second kappa shape index (κ2) is 7.82. The van der Waals surface area contributed by atoms with Gasteiger partial charge in [0.1, 0.15) is 17.6 Å². The molecule has 2 N–H and O–H groups in total. The van der Waals surface area contributed by atoms with Gasteiger partial charge in [-0.1, -0.05) is 18.5 Å². The maximum absolute atomic E-state index is 12.1. The minimum absolute atomic E-state index is 0.229. The minimum Gasteiger partial charge on any atom is -0.464 e. The Kier molecular flexibility index (Phi) is 5.80. The van der Waals surface area contributed by atoms with Crippen molar-refractivity contribution in [1.29, 1.82) is 0 Å². The number of amides is 2. The summed E-state index contributed by atoms with van der Waals surface area (Å²) in [5, 5.41) is 5.67. The molecule has 2 heterocycles. The number of ether oxygens (including phenoxy) is 1. The molecule has 0 fully saturated rings. The molecule has 0 aromatic carbocycles. The second-order valence-electron chi connectivity index (χ2n) is 4.61. The fourth-order valence-corrected chi connectivity index (χ4v) is 2.10. The van der Waals surface area contributed by atoms with Crippen LogP contribution in [-0.4, -0.2) is 24.7 Å². The summed E-state index contributed by atoms with van der Waals surface area (Å²) in [6.07, 6.45) is 2.34. The quantitative estimate of drug-likeness (QED) is 0.799. The summed E-state index contributed by atoms with van der Waals surface area (Å²) in [7, 11) is 1.56. The number of hydrogen-bond acceptors (Lipinski definition) is 4. The van der Waals surface area contributed by atoms with Crippen molar-refractivity contribution in [2.75, 3.05) is 19.0 Å². The number of halogens is 1. The molecule has 0 saturated carbocycles. The van der Waals surface area contributed by atoms with E-state index in [1.807, 2.05) is 19.1 Å². The number of anilines is 1. The van der Waals surface area contributed by atoms with Gasteiger partial charge in [0.2, 0.25) is 0 Å². The fourth-order valence-electron chi connectivity index (χ4n) is 1.93. The van der Waals surface area contributed by atoms with Crippen LogP contribution in [0.25, 0.3) is 0 Å². The van der Waals surface area contributed by atoms with E-state index in [1.54, 1.807) is 25.4 Å². The second-order valence-corrected chi connectivity index (χ2v) is 4.96. The van der Waals surface area contributed by atoms with Crippen LogP contribution in [0.15, 0.2) is 34.9 Å². The van der Waals surface area contributed by atoms with E-state index in [9.17, 15) is 4.79 Å². The Morgan fingerprint density at radius 2 is 2.27 bits per heavy atom. The van der Waals surface area contributed by atoms with E-state index in [-0.39, 0.29) is 11.2 Å². The third-order valence-corrected chi connectivity index (χ3v) is 3.32. The number of nitrogens with one attached hydrogen (secondary N) is 2. The molecule has 0 radical (unpaired) electrons. The summed E-state index contributed by atoms with van der Waals surface area (Å²) in [6, 6.07) is 6.28. The number of methoxy groups -OCH3 is 1. The van der Waals surface area contributed by atoms with Gasteiger partial charge in [0, 0.05) is 19.7 Å². The summed E-state index contributed by atoms with van der Waals surface area (Å²) in [6.45, 7) is 2.29. The monoisotopic (exact) mass is 323 g/mol. The predicted molar refractivity (Wildman–Crippen MR) is 84.1 cm³/mol. The van der Waals surface area contributed by atoms with Crippen molar-refractivity contribution in [2.45, 2.75) is 19.4 Å². The zero-order valence-electron chi connectivity index (χ0n) is 12.4. The molecule has 2 rings (SSSR count). The van der Waals surface area contributed by atoms with Crippen LogP contribution in [0, 0.1) is 0 Å². The van der Waals surface area contributed by atoms with Crippen LogP contribution < -0.4 is 10.6 Å². The van der Waals surface area contributed by atoms with Crippen LogP contribution in [-0.2, 0) is 11.2 Å². The molecule has 0 spiro atoms. The lowest BCUT2D eigenvalue weighted by atomic mass is 10.2. The highest BCUT2D eigenvalue weighted by molar-refractivity contribution is 6.32. The molecular formula is C15H18ClN3O3. The van der Waals surface area contributed by atoms with E-state index >= 15 is 0 Å². The number of nitrogens with zero attached hydrogens (tertiary/aromatic N) is 1. The topological polar surface area (TPSA) is 76.4 Å². The minimum atomic E-state index is -0.411. The zero-order valence-corrected chi connectivity index (χ0v) is 13.2. The highest BCUT2D eigenvalue weighted by Gasteiger charge is 2.18. The molecule has 0 saturated heterocycles. The Hall–Kier alpha value is -2.05. The van der Waals surface area contributed by atoms with Crippen LogP contribution in [0.4, 0.5) is 10.5 Å². The van der Waals surface area contributed by atoms with Crippen molar-refractivity contribution in [3.05, 3.63) is 47.1 Å². The third-order valence-electron chi connectivity index (χ3n) is 3.02. The Morgan fingerprint density at radius 1 is 1.45 bits per heavy atom. The molecule has 0 aliphatic rings. The van der Waals surface area contributed by atoms with Gasteiger partial charge in [-0.3, -0.25) is 0 Å². The molecule has 2 aromatic rings. The number of pyridine rings is 1. The van der Waals surface area contributed by atoms with Gasteiger partial charge in [0.25, 0.3) is 0 Å². The van der Waals surface area contributed by atoms with Crippen LogP contribution in [0.5, 0.6) is 0 Å². The van der Waals surface area contributed by atoms with Crippen LogP contribution >= 0.6 is 11.6 Å². The molecular weight excluding hydrogens is 306 g/mol. The van der Waals surface area contributed by atoms with Crippen molar-refractivity contribution in [1.82, 2.24) is 10.3 Å². The van der Waals surface area contributed by atoms with Crippen LogP contribution in [0.1, 0.15) is 24.5 Å². The van der Waals surface area contributed by atoms with Crippen molar-refractivity contribution >= 4 is 23.3 Å². The van der Waals surface area contributed by atoms with E-state index in [0.29, 0.717) is 18.1 Å². The Morgan fingerprint density at radius 3 is 2.91 bits per heavy atom. The molecule has 0 aliphatic carbocycles. The first-order valence-electron chi connectivity index (χ1n) is 6.89. The Labute approximate surface area is 133 Å². The molecule has 22 heavy (non-hydrogen) atoms. The highest BCUT2D eigenvalue weighted by Crippen LogP contribution is 2.20. The number of hydrogen-bond donors (Lipinski definition) is 2. The summed E-state index contributed by atoms with van der Waals surface area (Å²) in [4.78, 5) is 16.0. The molecule has 7 heteroatoms. The normalized spacial score (nSPS) is 12.0.